The Morgan fingerprint density at radius 3 is 2.31 bits per heavy atom. The summed E-state index contributed by atoms with van der Waals surface area (Å²) in [7, 11) is 0. The number of hydrogen-bond acceptors (Lipinski definition) is 4. The van der Waals surface area contributed by atoms with Crippen molar-refractivity contribution < 1.29 is 27.5 Å². The van der Waals surface area contributed by atoms with Crippen LogP contribution in [0.1, 0.15) is 21.6 Å². The molecule has 0 aliphatic heterocycles. The fourth-order valence-corrected chi connectivity index (χ4v) is 3.45. The maximum Gasteiger partial charge on any atom is 0.435 e. The Hall–Kier alpha value is -4.11. The van der Waals surface area contributed by atoms with Crippen LogP contribution in [0.25, 0.3) is 5.69 Å². The standard InChI is InChI=1S/C25H17ClF3N3O3/c26-19-11-4-5-12-20(19)32-23(14-21(31-32)25(27,28)29)35-15-22(33)30-18-10-6-9-17(13-18)24(34)16-7-2-1-3-8-16/h1-14H,15H2,(H,30,33). The van der Waals surface area contributed by atoms with E-state index in [4.69, 9.17) is 16.3 Å². The molecule has 1 amide bonds. The molecule has 0 bridgehead atoms. The number of nitrogens with zero attached hydrogens (tertiary/aromatic N) is 2. The predicted octanol–water partition coefficient (Wildman–Crippen LogP) is 5.79. The van der Waals surface area contributed by atoms with Crippen LogP contribution in [-0.4, -0.2) is 28.1 Å². The Labute approximate surface area is 202 Å². The second-order valence-corrected chi connectivity index (χ2v) is 7.75. The summed E-state index contributed by atoms with van der Waals surface area (Å²) in [6.07, 6.45) is -4.72. The van der Waals surface area contributed by atoms with Gasteiger partial charge in [0.25, 0.3) is 5.91 Å². The Balaban J connectivity index is 1.49. The van der Waals surface area contributed by atoms with Crippen molar-refractivity contribution in [2.75, 3.05) is 11.9 Å². The number of ketones is 1. The van der Waals surface area contributed by atoms with E-state index in [0.717, 1.165) is 4.68 Å². The molecule has 6 nitrogen and oxygen atoms in total. The van der Waals surface area contributed by atoms with Crippen molar-refractivity contribution in [1.29, 1.82) is 0 Å². The summed E-state index contributed by atoms with van der Waals surface area (Å²) < 4.78 is 46.0. The van der Waals surface area contributed by atoms with Crippen molar-refractivity contribution in [3.8, 4) is 11.6 Å². The number of carbonyl (C=O) groups excluding carboxylic acids is 2. The Morgan fingerprint density at radius 1 is 0.914 bits per heavy atom. The average Bonchev–Trinajstić information content (AvgIpc) is 3.28. The molecule has 4 rings (SSSR count). The molecule has 3 aromatic carbocycles. The van der Waals surface area contributed by atoms with E-state index >= 15 is 0 Å². The van der Waals surface area contributed by atoms with Crippen LogP contribution in [0.3, 0.4) is 0 Å². The van der Waals surface area contributed by atoms with Gasteiger partial charge >= 0.3 is 6.18 Å². The number of alkyl halides is 3. The van der Waals surface area contributed by atoms with E-state index in [1.165, 1.54) is 18.2 Å². The van der Waals surface area contributed by atoms with Crippen LogP contribution in [0.4, 0.5) is 18.9 Å². The number of nitrogens with one attached hydrogen (secondary N) is 1. The van der Waals surface area contributed by atoms with Crippen molar-refractivity contribution in [1.82, 2.24) is 9.78 Å². The molecular weight excluding hydrogens is 483 g/mol. The third-order valence-electron chi connectivity index (χ3n) is 4.84. The first-order valence-corrected chi connectivity index (χ1v) is 10.6. The fraction of sp³-hybridized carbons (Fsp3) is 0.0800. The summed E-state index contributed by atoms with van der Waals surface area (Å²) in [5.41, 5.74) is 0.150. The molecular formula is C25H17ClF3N3O3. The first-order valence-electron chi connectivity index (χ1n) is 10.3. The van der Waals surface area contributed by atoms with Gasteiger partial charge in [-0.25, -0.2) is 0 Å². The summed E-state index contributed by atoms with van der Waals surface area (Å²) in [4.78, 5) is 25.1. The van der Waals surface area contributed by atoms with Crippen LogP contribution in [-0.2, 0) is 11.0 Å². The zero-order chi connectivity index (χ0) is 25.0. The van der Waals surface area contributed by atoms with Crippen LogP contribution in [0.15, 0.2) is 84.9 Å². The molecule has 10 heteroatoms. The number of benzene rings is 3. The molecule has 0 fully saturated rings. The Bertz CT molecular complexity index is 1370. The maximum atomic E-state index is 13.2. The number of para-hydroxylation sites is 1. The molecule has 178 valence electrons. The number of carbonyl (C=O) groups is 2. The summed E-state index contributed by atoms with van der Waals surface area (Å²) in [6.45, 7) is -0.607. The lowest BCUT2D eigenvalue weighted by Crippen LogP contribution is -2.21. The predicted molar refractivity (Wildman–Crippen MR) is 124 cm³/mol. The third kappa shape index (κ3) is 5.70. The molecule has 0 saturated heterocycles. The normalized spacial score (nSPS) is 11.2. The highest BCUT2D eigenvalue weighted by Gasteiger charge is 2.36. The summed E-state index contributed by atoms with van der Waals surface area (Å²) in [5, 5.41) is 6.27. The van der Waals surface area contributed by atoms with Gasteiger partial charge in [0.1, 0.15) is 0 Å². The maximum absolute atomic E-state index is 13.2. The minimum Gasteiger partial charge on any atom is -0.467 e. The van der Waals surface area contributed by atoms with Gasteiger partial charge in [-0.1, -0.05) is 66.2 Å². The Morgan fingerprint density at radius 2 is 1.60 bits per heavy atom. The van der Waals surface area contributed by atoms with E-state index in [1.807, 2.05) is 0 Å². The molecule has 1 aromatic heterocycles. The van der Waals surface area contributed by atoms with Gasteiger partial charge in [-0.05, 0) is 24.3 Å². The topological polar surface area (TPSA) is 73.2 Å². The van der Waals surface area contributed by atoms with Crippen LogP contribution in [0.2, 0.25) is 5.02 Å². The first-order chi connectivity index (χ1) is 16.7. The van der Waals surface area contributed by atoms with Gasteiger partial charge in [0.15, 0.2) is 18.1 Å². The monoisotopic (exact) mass is 499 g/mol. The highest BCUT2D eigenvalue weighted by atomic mass is 35.5. The highest BCUT2D eigenvalue weighted by molar-refractivity contribution is 6.32. The van der Waals surface area contributed by atoms with Gasteiger partial charge in [0, 0.05) is 22.9 Å². The van der Waals surface area contributed by atoms with E-state index in [9.17, 15) is 22.8 Å². The number of halogens is 4. The van der Waals surface area contributed by atoms with Gasteiger partial charge in [-0.2, -0.15) is 23.0 Å². The number of aromatic nitrogens is 2. The number of rotatable bonds is 7. The first kappa shape index (κ1) is 24.0. The largest absolute Gasteiger partial charge is 0.467 e. The lowest BCUT2D eigenvalue weighted by atomic mass is 10.0. The zero-order valence-electron chi connectivity index (χ0n) is 17.9. The average molecular weight is 500 g/mol. The number of amides is 1. The van der Waals surface area contributed by atoms with E-state index in [-0.39, 0.29) is 22.4 Å². The third-order valence-corrected chi connectivity index (χ3v) is 5.16. The molecule has 0 aliphatic rings. The van der Waals surface area contributed by atoms with E-state index in [2.05, 4.69) is 10.4 Å². The molecule has 0 unspecified atom stereocenters. The van der Waals surface area contributed by atoms with E-state index in [0.29, 0.717) is 22.9 Å². The highest BCUT2D eigenvalue weighted by Crippen LogP contribution is 2.33. The van der Waals surface area contributed by atoms with Crippen LogP contribution < -0.4 is 10.1 Å². The molecule has 0 spiro atoms. The second-order valence-electron chi connectivity index (χ2n) is 7.34. The van der Waals surface area contributed by atoms with Crippen molar-refractivity contribution in [3.05, 3.63) is 107 Å². The Kier molecular flexibility index (Phi) is 6.88. The number of hydrogen-bond donors (Lipinski definition) is 1. The van der Waals surface area contributed by atoms with Crippen molar-refractivity contribution in [2.24, 2.45) is 0 Å². The molecule has 0 saturated carbocycles. The smallest absolute Gasteiger partial charge is 0.435 e. The molecule has 0 atom stereocenters. The van der Waals surface area contributed by atoms with E-state index < -0.39 is 24.4 Å². The lowest BCUT2D eigenvalue weighted by molar-refractivity contribution is -0.141. The zero-order valence-corrected chi connectivity index (χ0v) is 18.7. The van der Waals surface area contributed by atoms with Crippen molar-refractivity contribution in [3.63, 3.8) is 0 Å². The quantitative estimate of drug-likeness (QED) is 0.326. The van der Waals surface area contributed by atoms with Gasteiger partial charge in [-0.3, -0.25) is 9.59 Å². The number of ether oxygens (including phenoxy) is 1. The molecule has 0 radical (unpaired) electrons. The van der Waals surface area contributed by atoms with Crippen LogP contribution in [0.5, 0.6) is 5.88 Å². The van der Waals surface area contributed by atoms with Crippen molar-refractivity contribution >= 4 is 29.0 Å². The van der Waals surface area contributed by atoms with Gasteiger partial charge in [0.2, 0.25) is 5.88 Å². The molecule has 4 aromatic rings. The molecule has 1 heterocycles. The van der Waals surface area contributed by atoms with Gasteiger partial charge < -0.3 is 10.1 Å². The van der Waals surface area contributed by atoms with Gasteiger partial charge in [-0.15, -0.1) is 0 Å². The SMILES string of the molecule is O=C(COc1cc(C(F)(F)F)nn1-c1ccccc1Cl)Nc1cccc(C(=O)c2ccccc2)c1. The van der Waals surface area contributed by atoms with Gasteiger partial charge in [0.05, 0.1) is 10.7 Å². The minimum absolute atomic E-state index is 0.151. The minimum atomic E-state index is -4.72. The van der Waals surface area contributed by atoms with Crippen LogP contribution >= 0.6 is 11.6 Å². The summed E-state index contributed by atoms with van der Waals surface area (Å²) in [5.74, 6) is -1.18. The van der Waals surface area contributed by atoms with Crippen LogP contribution in [0, 0.1) is 0 Å². The second kappa shape index (κ2) is 10.0. The summed E-state index contributed by atoms with van der Waals surface area (Å²) >= 11 is 6.10. The van der Waals surface area contributed by atoms with E-state index in [1.54, 1.807) is 60.7 Å². The summed E-state index contributed by atoms with van der Waals surface area (Å²) in [6, 6.07) is 21.8. The molecule has 35 heavy (non-hydrogen) atoms. The molecule has 0 aliphatic carbocycles. The fourth-order valence-electron chi connectivity index (χ4n) is 3.23. The van der Waals surface area contributed by atoms with Crippen molar-refractivity contribution in [2.45, 2.75) is 6.18 Å². The number of anilines is 1. The lowest BCUT2D eigenvalue weighted by Gasteiger charge is -2.11. The molecule has 1 N–H and O–H groups in total.